The summed E-state index contributed by atoms with van der Waals surface area (Å²) < 4.78 is 26.6. The molecule has 0 fully saturated rings. The first-order chi connectivity index (χ1) is 13.0. The van der Waals surface area contributed by atoms with E-state index < -0.39 is 0 Å². The molecule has 0 spiro atoms. The summed E-state index contributed by atoms with van der Waals surface area (Å²) in [6, 6.07) is 11.9. The van der Waals surface area contributed by atoms with Crippen molar-refractivity contribution in [2.24, 2.45) is 5.10 Å². The second-order valence-corrected chi connectivity index (χ2v) is 6.52. The van der Waals surface area contributed by atoms with Gasteiger partial charge in [-0.2, -0.15) is 5.10 Å². The van der Waals surface area contributed by atoms with E-state index in [1.54, 1.807) is 24.3 Å². The van der Waals surface area contributed by atoms with E-state index in [2.05, 4.69) is 5.10 Å². The fourth-order valence-corrected chi connectivity index (χ4v) is 3.21. The summed E-state index contributed by atoms with van der Waals surface area (Å²) in [6.45, 7) is 5.82. The van der Waals surface area contributed by atoms with Crippen molar-refractivity contribution in [1.82, 2.24) is 9.91 Å². The molecule has 4 nitrogen and oxygen atoms in total. The van der Waals surface area contributed by atoms with Gasteiger partial charge in [-0.05, 0) is 48.5 Å². The number of carbonyl (C=O) groups excluding carboxylic acids is 1. The molecule has 0 unspecified atom stereocenters. The number of hydrogen-bond donors (Lipinski definition) is 0. The van der Waals surface area contributed by atoms with Gasteiger partial charge in [0.2, 0.25) is 0 Å². The average Bonchev–Trinajstić information content (AvgIpc) is 3.12. The Labute approximate surface area is 158 Å². The highest BCUT2D eigenvalue weighted by molar-refractivity contribution is 6.03. The lowest BCUT2D eigenvalue weighted by atomic mass is 9.98. The van der Waals surface area contributed by atoms with Crippen LogP contribution >= 0.6 is 0 Å². The van der Waals surface area contributed by atoms with Crippen LogP contribution in [0.1, 0.15) is 37.4 Å². The van der Waals surface area contributed by atoms with Crippen LogP contribution in [0.5, 0.6) is 0 Å². The Balaban J connectivity index is 1.90. The van der Waals surface area contributed by atoms with Crippen molar-refractivity contribution < 1.29 is 13.6 Å². The lowest BCUT2D eigenvalue weighted by Gasteiger charge is -2.25. The van der Waals surface area contributed by atoms with Crippen molar-refractivity contribution in [2.75, 3.05) is 19.6 Å². The third-order valence-electron chi connectivity index (χ3n) is 4.85. The largest absolute Gasteiger partial charge is 0.295 e. The summed E-state index contributed by atoms with van der Waals surface area (Å²) >= 11 is 0. The molecule has 6 heteroatoms. The molecule has 27 heavy (non-hydrogen) atoms. The Morgan fingerprint density at radius 1 is 1.04 bits per heavy atom. The first kappa shape index (κ1) is 19.2. The minimum atomic E-state index is -0.322. The molecule has 1 aliphatic rings. The predicted octanol–water partition coefficient (Wildman–Crippen LogP) is 3.98. The third-order valence-corrected chi connectivity index (χ3v) is 4.85. The Morgan fingerprint density at radius 2 is 1.59 bits per heavy atom. The molecular weight excluding hydrogens is 348 g/mol. The maximum Gasteiger partial charge on any atom is 0.257 e. The lowest BCUT2D eigenvalue weighted by molar-refractivity contribution is -0.134. The van der Waals surface area contributed by atoms with Gasteiger partial charge in [-0.3, -0.25) is 9.69 Å². The van der Waals surface area contributed by atoms with Gasteiger partial charge >= 0.3 is 0 Å². The molecule has 1 amide bonds. The van der Waals surface area contributed by atoms with Crippen molar-refractivity contribution in [2.45, 2.75) is 26.3 Å². The van der Waals surface area contributed by atoms with Gasteiger partial charge in [0.15, 0.2) is 0 Å². The van der Waals surface area contributed by atoms with Crippen LogP contribution in [0.15, 0.2) is 53.6 Å². The molecule has 0 saturated heterocycles. The summed E-state index contributed by atoms with van der Waals surface area (Å²) in [5.41, 5.74) is 2.32. The Bertz CT molecular complexity index is 814. The molecule has 3 rings (SSSR count). The van der Waals surface area contributed by atoms with Crippen LogP contribution in [0.2, 0.25) is 0 Å². The number of benzene rings is 2. The van der Waals surface area contributed by atoms with Crippen LogP contribution in [0.4, 0.5) is 8.78 Å². The Hall–Kier alpha value is -2.60. The van der Waals surface area contributed by atoms with Crippen LogP contribution < -0.4 is 0 Å². The molecule has 142 valence electrons. The minimum absolute atomic E-state index is 0.106. The van der Waals surface area contributed by atoms with E-state index in [0.29, 0.717) is 6.42 Å². The van der Waals surface area contributed by atoms with Crippen LogP contribution in [-0.4, -0.2) is 41.2 Å². The van der Waals surface area contributed by atoms with E-state index in [9.17, 15) is 13.6 Å². The van der Waals surface area contributed by atoms with Crippen LogP contribution in [0.25, 0.3) is 0 Å². The number of halogens is 2. The molecule has 0 saturated carbocycles. The molecule has 0 N–H and O–H groups in total. The number of hydrogen-bond acceptors (Lipinski definition) is 3. The van der Waals surface area contributed by atoms with Gasteiger partial charge < -0.3 is 0 Å². The average molecular weight is 371 g/mol. The standard InChI is InChI=1S/C21H23F2N3O/c1-3-25(4-2)14-21(27)26-20(16-7-11-18(23)12-8-16)13-19(24-26)15-5-9-17(22)10-6-15/h5-12,20H,3-4,13-14H2,1-2H3/t20-/m1/s1. The zero-order valence-electron chi connectivity index (χ0n) is 15.5. The van der Waals surface area contributed by atoms with Gasteiger partial charge in [-0.25, -0.2) is 13.8 Å². The molecule has 2 aromatic carbocycles. The molecule has 1 heterocycles. The number of hydrazone groups is 1. The number of nitrogens with zero attached hydrogens (tertiary/aromatic N) is 3. The van der Waals surface area contributed by atoms with Gasteiger partial charge in [0, 0.05) is 6.42 Å². The van der Waals surface area contributed by atoms with Gasteiger partial charge in [-0.15, -0.1) is 0 Å². The topological polar surface area (TPSA) is 35.9 Å². The van der Waals surface area contributed by atoms with Crippen molar-refractivity contribution in [3.05, 3.63) is 71.3 Å². The van der Waals surface area contributed by atoms with Gasteiger partial charge in [-0.1, -0.05) is 38.1 Å². The number of likely N-dealkylation sites (N-methyl/N-ethyl adjacent to an activating group) is 1. The molecule has 0 aliphatic carbocycles. The minimum Gasteiger partial charge on any atom is -0.295 e. The number of carbonyl (C=O) groups is 1. The first-order valence-corrected chi connectivity index (χ1v) is 9.15. The zero-order chi connectivity index (χ0) is 19.4. The van der Waals surface area contributed by atoms with Gasteiger partial charge in [0.25, 0.3) is 5.91 Å². The highest BCUT2D eigenvalue weighted by atomic mass is 19.1. The van der Waals surface area contributed by atoms with Gasteiger partial charge in [0.05, 0.1) is 18.3 Å². The number of rotatable bonds is 6. The van der Waals surface area contributed by atoms with Crippen LogP contribution in [-0.2, 0) is 4.79 Å². The monoisotopic (exact) mass is 371 g/mol. The molecule has 0 radical (unpaired) electrons. The first-order valence-electron chi connectivity index (χ1n) is 9.15. The van der Waals surface area contributed by atoms with Crippen molar-refractivity contribution in [3.8, 4) is 0 Å². The summed E-state index contributed by atoms with van der Waals surface area (Å²) in [7, 11) is 0. The van der Waals surface area contributed by atoms with E-state index in [0.717, 1.165) is 29.9 Å². The van der Waals surface area contributed by atoms with Crippen LogP contribution in [0, 0.1) is 11.6 Å². The van der Waals surface area contributed by atoms with Crippen LogP contribution in [0.3, 0.4) is 0 Å². The summed E-state index contributed by atoms with van der Waals surface area (Å²) in [6.07, 6.45) is 0.501. The molecule has 1 atom stereocenters. The Kier molecular flexibility index (Phi) is 5.96. The third kappa shape index (κ3) is 4.39. The SMILES string of the molecule is CCN(CC)CC(=O)N1N=C(c2ccc(F)cc2)C[C@@H]1c1ccc(F)cc1. The maximum absolute atomic E-state index is 13.3. The molecular formula is C21H23F2N3O. The van der Waals surface area contributed by atoms with E-state index in [1.165, 1.54) is 29.3 Å². The normalized spacial score (nSPS) is 16.7. The highest BCUT2D eigenvalue weighted by Crippen LogP contribution is 2.33. The summed E-state index contributed by atoms with van der Waals surface area (Å²) in [4.78, 5) is 14.9. The van der Waals surface area contributed by atoms with E-state index in [1.807, 2.05) is 18.7 Å². The van der Waals surface area contributed by atoms with E-state index in [4.69, 9.17) is 0 Å². The number of amides is 1. The quantitative estimate of drug-likeness (QED) is 0.770. The highest BCUT2D eigenvalue weighted by Gasteiger charge is 2.33. The van der Waals surface area contributed by atoms with E-state index >= 15 is 0 Å². The fourth-order valence-electron chi connectivity index (χ4n) is 3.21. The summed E-state index contributed by atoms with van der Waals surface area (Å²) in [5.74, 6) is -0.746. The maximum atomic E-state index is 13.3. The van der Waals surface area contributed by atoms with Crippen molar-refractivity contribution in [3.63, 3.8) is 0 Å². The summed E-state index contributed by atoms with van der Waals surface area (Å²) in [5, 5.41) is 6.04. The smallest absolute Gasteiger partial charge is 0.257 e. The van der Waals surface area contributed by atoms with Crippen molar-refractivity contribution in [1.29, 1.82) is 0 Å². The lowest BCUT2D eigenvalue weighted by Crippen LogP contribution is -2.38. The molecule has 0 bridgehead atoms. The second kappa shape index (κ2) is 8.39. The second-order valence-electron chi connectivity index (χ2n) is 6.52. The zero-order valence-corrected chi connectivity index (χ0v) is 15.5. The molecule has 1 aliphatic heterocycles. The molecule has 0 aromatic heterocycles. The Morgan fingerprint density at radius 3 is 2.15 bits per heavy atom. The predicted molar refractivity (Wildman–Crippen MR) is 101 cm³/mol. The fraction of sp³-hybridized carbons (Fsp3) is 0.333. The van der Waals surface area contributed by atoms with Crippen molar-refractivity contribution >= 4 is 11.6 Å². The van der Waals surface area contributed by atoms with Gasteiger partial charge in [0.1, 0.15) is 11.6 Å². The van der Waals surface area contributed by atoms with E-state index in [-0.39, 0.29) is 30.1 Å². The molecule has 2 aromatic rings.